The summed E-state index contributed by atoms with van der Waals surface area (Å²) in [4.78, 5) is 12.1. The third-order valence-corrected chi connectivity index (χ3v) is 2.54. The summed E-state index contributed by atoms with van der Waals surface area (Å²) in [6.07, 6.45) is 0. The fourth-order valence-corrected chi connectivity index (χ4v) is 1.88. The van der Waals surface area contributed by atoms with E-state index in [1.54, 1.807) is 6.92 Å². The maximum absolute atomic E-state index is 5.69. The molecule has 0 aliphatic rings. The molecule has 6 heteroatoms. The van der Waals surface area contributed by atoms with Crippen LogP contribution in [0.3, 0.4) is 0 Å². The Morgan fingerprint density at radius 1 is 1.33 bits per heavy atom. The molecule has 4 nitrogen and oxygen atoms in total. The maximum atomic E-state index is 5.69. The number of rotatable bonds is 0. The third kappa shape index (κ3) is 1.11. The van der Waals surface area contributed by atoms with Crippen molar-refractivity contribution in [3.63, 3.8) is 0 Å². The predicted octanol–water partition coefficient (Wildman–Crippen LogP) is 1.63. The van der Waals surface area contributed by atoms with E-state index >= 15 is 0 Å². The second kappa shape index (κ2) is 2.53. The van der Waals surface area contributed by atoms with Crippen LogP contribution >= 0.6 is 22.9 Å². The van der Waals surface area contributed by atoms with Gasteiger partial charge in [-0.3, -0.25) is 0 Å². The van der Waals surface area contributed by atoms with Gasteiger partial charge in [-0.05, 0) is 6.92 Å². The van der Waals surface area contributed by atoms with Crippen molar-refractivity contribution in [3.05, 3.63) is 10.3 Å². The van der Waals surface area contributed by atoms with E-state index in [1.807, 2.05) is 0 Å². The summed E-state index contributed by atoms with van der Waals surface area (Å²) >= 11 is 6.98. The highest BCUT2D eigenvalue weighted by Crippen LogP contribution is 2.27. The van der Waals surface area contributed by atoms with Crippen LogP contribution in [0.5, 0.6) is 0 Å². The Kier molecular flexibility index (Phi) is 1.62. The number of anilines is 1. The van der Waals surface area contributed by atoms with E-state index in [0.29, 0.717) is 21.8 Å². The lowest BCUT2D eigenvalue weighted by atomic mass is 10.5. The van der Waals surface area contributed by atoms with Gasteiger partial charge in [-0.25, -0.2) is 15.0 Å². The highest BCUT2D eigenvalue weighted by molar-refractivity contribution is 7.22. The lowest BCUT2D eigenvalue weighted by molar-refractivity contribution is 1.09. The van der Waals surface area contributed by atoms with Gasteiger partial charge in [0.1, 0.15) is 16.3 Å². The van der Waals surface area contributed by atoms with Crippen molar-refractivity contribution in [2.45, 2.75) is 6.92 Å². The molecule has 0 aliphatic heterocycles. The van der Waals surface area contributed by atoms with Gasteiger partial charge in [-0.1, -0.05) is 22.9 Å². The average Bonchev–Trinajstić information content (AvgIpc) is 2.29. The van der Waals surface area contributed by atoms with Gasteiger partial charge in [0.05, 0.1) is 0 Å². The minimum atomic E-state index is 0.441. The number of nitrogen functional groups attached to an aromatic ring is 1. The Balaban J connectivity index is 2.88. The number of aryl methyl sites for hydroxylation is 1. The highest BCUT2D eigenvalue weighted by Gasteiger charge is 2.07. The Labute approximate surface area is 77.4 Å². The number of thiazole rings is 1. The summed E-state index contributed by atoms with van der Waals surface area (Å²) in [6, 6.07) is 0. The van der Waals surface area contributed by atoms with Crippen LogP contribution in [0.4, 0.5) is 5.82 Å². The largest absolute Gasteiger partial charge is 0.382 e. The van der Waals surface area contributed by atoms with Gasteiger partial charge in [0.2, 0.25) is 0 Å². The molecule has 0 saturated carbocycles. The first-order valence-corrected chi connectivity index (χ1v) is 4.42. The van der Waals surface area contributed by atoms with Crippen molar-refractivity contribution in [3.8, 4) is 0 Å². The van der Waals surface area contributed by atoms with E-state index < -0.39 is 0 Å². The summed E-state index contributed by atoms with van der Waals surface area (Å²) < 4.78 is 1.20. The molecule has 0 unspecified atom stereocenters. The average molecular weight is 201 g/mol. The van der Waals surface area contributed by atoms with Gasteiger partial charge >= 0.3 is 0 Å². The molecule has 0 fully saturated rings. The molecule has 0 bridgehead atoms. The number of aromatic nitrogens is 3. The summed E-state index contributed by atoms with van der Waals surface area (Å²) in [6.45, 7) is 1.77. The third-order valence-electron chi connectivity index (χ3n) is 1.37. The molecule has 2 N–H and O–H groups in total. The summed E-state index contributed by atoms with van der Waals surface area (Å²) in [7, 11) is 0. The van der Waals surface area contributed by atoms with E-state index in [0.717, 1.165) is 4.70 Å². The minimum absolute atomic E-state index is 0.441. The second-order valence-electron chi connectivity index (χ2n) is 2.28. The number of hydrogen-bond acceptors (Lipinski definition) is 5. The molecule has 62 valence electrons. The first-order valence-electron chi connectivity index (χ1n) is 3.23. The van der Waals surface area contributed by atoms with Gasteiger partial charge < -0.3 is 5.73 Å². The maximum Gasteiger partial charge on any atom is 0.186 e. The summed E-state index contributed by atoms with van der Waals surface area (Å²) in [5.41, 5.74) is 6.21. The summed E-state index contributed by atoms with van der Waals surface area (Å²) in [5, 5.41) is 0. The van der Waals surface area contributed by atoms with E-state index in [4.69, 9.17) is 17.3 Å². The zero-order valence-electron chi connectivity index (χ0n) is 6.21. The molecule has 0 atom stereocenters. The normalized spacial score (nSPS) is 10.8. The summed E-state index contributed by atoms with van der Waals surface area (Å²) in [5.74, 6) is 1.06. The molecule has 0 radical (unpaired) electrons. The highest BCUT2D eigenvalue weighted by atomic mass is 35.5. The van der Waals surface area contributed by atoms with Crippen molar-refractivity contribution >= 4 is 39.1 Å². The van der Waals surface area contributed by atoms with Crippen LogP contribution in [0.15, 0.2) is 0 Å². The van der Waals surface area contributed by atoms with Crippen LogP contribution in [-0.2, 0) is 0 Å². The van der Waals surface area contributed by atoms with Crippen LogP contribution < -0.4 is 5.73 Å². The molecule has 2 aromatic heterocycles. The number of hydrogen-bond donors (Lipinski definition) is 1. The Morgan fingerprint density at radius 2 is 2.08 bits per heavy atom. The fraction of sp³-hybridized carbons (Fsp3) is 0.167. The first-order chi connectivity index (χ1) is 5.66. The number of halogens is 1. The smallest absolute Gasteiger partial charge is 0.186 e. The number of fused-ring (bicyclic) bond motifs is 1. The molecule has 2 rings (SSSR count). The Morgan fingerprint density at radius 3 is 2.83 bits per heavy atom. The van der Waals surface area contributed by atoms with Crippen molar-refractivity contribution in [1.82, 2.24) is 15.0 Å². The SMILES string of the molecule is Cc1nc(N)c2sc(Cl)nc2n1. The number of nitrogens with two attached hydrogens (primary N) is 1. The predicted molar refractivity (Wildman–Crippen MR) is 49.4 cm³/mol. The molecule has 12 heavy (non-hydrogen) atoms. The van der Waals surface area contributed by atoms with Crippen molar-refractivity contribution < 1.29 is 0 Å². The molecule has 0 spiro atoms. The molecule has 2 heterocycles. The molecule has 0 amide bonds. The molecule has 0 aromatic carbocycles. The van der Waals surface area contributed by atoms with Gasteiger partial charge in [0.25, 0.3) is 0 Å². The second-order valence-corrected chi connectivity index (χ2v) is 3.86. The molecular formula is C6H5ClN4S. The van der Waals surface area contributed by atoms with Crippen LogP contribution in [0.2, 0.25) is 4.47 Å². The van der Waals surface area contributed by atoms with Crippen molar-refractivity contribution in [2.75, 3.05) is 5.73 Å². The standard InChI is InChI=1S/C6H5ClN4S/c1-2-9-4(8)3-5(10-2)11-6(7)12-3/h1H3,(H2,8,9,10). The first kappa shape index (κ1) is 7.70. The van der Waals surface area contributed by atoms with Gasteiger partial charge in [-0.2, -0.15) is 0 Å². The molecule has 0 aliphatic carbocycles. The molecule has 0 saturated heterocycles. The molecule has 2 aromatic rings. The minimum Gasteiger partial charge on any atom is -0.382 e. The van der Waals surface area contributed by atoms with E-state index in [9.17, 15) is 0 Å². The Bertz CT molecular complexity index is 438. The fourth-order valence-electron chi connectivity index (χ4n) is 0.933. The lowest BCUT2D eigenvalue weighted by Gasteiger charge is -1.93. The van der Waals surface area contributed by atoms with Crippen molar-refractivity contribution in [2.24, 2.45) is 0 Å². The topological polar surface area (TPSA) is 64.7 Å². The Hall–Kier alpha value is -0.940. The zero-order chi connectivity index (χ0) is 8.72. The van der Waals surface area contributed by atoms with Crippen LogP contribution in [0.25, 0.3) is 10.3 Å². The quantitative estimate of drug-likeness (QED) is 0.702. The van der Waals surface area contributed by atoms with E-state index in [-0.39, 0.29) is 0 Å². The van der Waals surface area contributed by atoms with Crippen molar-refractivity contribution in [1.29, 1.82) is 0 Å². The monoisotopic (exact) mass is 200 g/mol. The number of nitrogens with zero attached hydrogens (tertiary/aromatic N) is 3. The van der Waals surface area contributed by atoms with Crippen LogP contribution in [-0.4, -0.2) is 15.0 Å². The van der Waals surface area contributed by atoms with E-state index in [1.165, 1.54) is 11.3 Å². The zero-order valence-corrected chi connectivity index (χ0v) is 7.78. The molecular weight excluding hydrogens is 196 g/mol. The van der Waals surface area contributed by atoms with Gasteiger partial charge in [0.15, 0.2) is 10.1 Å². The van der Waals surface area contributed by atoms with Gasteiger partial charge in [-0.15, -0.1) is 0 Å². The van der Waals surface area contributed by atoms with Gasteiger partial charge in [0, 0.05) is 0 Å². The lowest BCUT2D eigenvalue weighted by Crippen LogP contribution is -1.95. The van der Waals surface area contributed by atoms with E-state index in [2.05, 4.69) is 15.0 Å². The van der Waals surface area contributed by atoms with Crippen LogP contribution in [0, 0.1) is 6.92 Å². The van der Waals surface area contributed by atoms with Crippen LogP contribution in [0.1, 0.15) is 5.82 Å².